The van der Waals surface area contributed by atoms with Crippen LogP contribution in [-0.4, -0.2) is 125 Å². The summed E-state index contributed by atoms with van der Waals surface area (Å²) in [4.78, 5) is 39.1. The zero-order valence-corrected chi connectivity index (χ0v) is 31.4. The molecule has 3 aliphatic rings. The van der Waals surface area contributed by atoms with E-state index >= 15 is 0 Å². The van der Waals surface area contributed by atoms with Gasteiger partial charge in [-0.15, -0.1) is 0 Å². The van der Waals surface area contributed by atoms with Crippen molar-refractivity contribution in [1.82, 2.24) is 0 Å². The van der Waals surface area contributed by atoms with E-state index in [9.17, 15) is 64.7 Å². The Morgan fingerprint density at radius 1 is 0.683 bits per heavy atom. The van der Waals surface area contributed by atoms with Crippen molar-refractivity contribution in [2.45, 2.75) is 86.4 Å². The molecule has 6 unspecified atom stereocenters. The normalized spacial score (nSPS) is 30.9. The predicted octanol–water partition coefficient (Wildman–Crippen LogP) is 1.25. The molecule has 4 aromatic carbocycles. The Labute approximate surface area is 340 Å². The third-order valence-corrected chi connectivity index (χ3v) is 10.9. The summed E-state index contributed by atoms with van der Waals surface area (Å²) < 4.78 is 36.3. The number of halogens is 1. The fourth-order valence-electron chi connectivity index (χ4n) is 7.62. The van der Waals surface area contributed by atoms with Crippen molar-refractivity contribution in [2.75, 3.05) is 4.90 Å². The van der Waals surface area contributed by atoms with Gasteiger partial charge in [-0.3, -0.25) is 4.79 Å². The number of aliphatic hydroxyl groups excluding tert-OH is 7. The van der Waals surface area contributed by atoms with E-state index in [4.69, 9.17) is 18.9 Å². The van der Waals surface area contributed by atoms with Crippen molar-refractivity contribution >= 4 is 23.5 Å². The Balaban J connectivity index is 1.26. The number of carboxylic acid groups (broad SMARTS) is 2. The Hall–Kier alpha value is -5.54. The van der Waals surface area contributed by atoms with Crippen molar-refractivity contribution < 1.29 is 83.7 Å². The summed E-state index contributed by atoms with van der Waals surface area (Å²) in [6.07, 6.45) is -20.0. The van der Waals surface area contributed by atoms with Gasteiger partial charge in [-0.25, -0.2) is 14.0 Å². The largest absolute Gasteiger partial charge is 0.479 e. The van der Waals surface area contributed by atoms with E-state index in [0.717, 1.165) is 0 Å². The number of benzene rings is 4. The van der Waals surface area contributed by atoms with Crippen LogP contribution in [0, 0.1) is 11.7 Å². The Kier molecular flexibility index (Phi) is 12.5. The number of β-lactam (4-membered cyclic amide) rings is 1. The number of amides is 1. The number of aliphatic hydroxyl groups is 7. The van der Waals surface area contributed by atoms with Crippen molar-refractivity contribution in [3.05, 3.63) is 114 Å². The summed E-state index contributed by atoms with van der Waals surface area (Å²) in [6.45, 7) is 0. The van der Waals surface area contributed by atoms with Crippen LogP contribution >= 0.6 is 0 Å². The van der Waals surface area contributed by atoms with Gasteiger partial charge >= 0.3 is 11.9 Å². The van der Waals surface area contributed by atoms with Crippen LogP contribution in [0.5, 0.6) is 11.5 Å². The number of carboxylic acids is 2. The molecule has 0 saturated carbocycles. The van der Waals surface area contributed by atoms with Gasteiger partial charge in [-0.2, -0.15) is 0 Å². The lowest BCUT2D eigenvalue weighted by molar-refractivity contribution is -0.271. The molecule has 13 atom stereocenters. The van der Waals surface area contributed by atoms with Crippen LogP contribution in [0.3, 0.4) is 0 Å². The summed E-state index contributed by atoms with van der Waals surface area (Å²) >= 11 is 0. The average molecular weight is 836 g/mol. The smallest absolute Gasteiger partial charge is 0.335 e. The van der Waals surface area contributed by atoms with Crippen molar-refractivity contribution in [3.63, 3.8) is 0 Å². The number of carbonyl (C=O) groups is 3. The molecule has 0 bridgehead atoms. The van der Waals surface area contributed by atoms with E-state index in [2.05, 4.69) is 0 Å². The molecule has 0 radical (unpaired) electrons. The second-order valence-corrected chi connectivity index (χ2v) is 14.7. The average Bonchev–Trinajstić information content (AvgIpc) is 3.23. The minimum Gasteiger partial charge on any atom is -0.479 e. The van der Waals surface area contributed by atoms with E-state index in [-0.39, 0.29) is 30.2 Å². The van der Waals surface area contributed by atoms with Crippen LogP contribution in [0.25, 0.3) is 11.1 Å². The highest BCUT2D eigenvalue weighted by Gasteiger charge is 2.52. The minimum absolute atomic E-state index is 0.0305. The molecule has 3 fully saturated rings. The zero-order valence-electron chi connectivity index (χ0n) is 31.4. The summed E-state index contributed by atoms with van der Waals surface area (Å²) in [6, 6.07) is 24.0. The van der Waals surface area contributed by atoms with Gasteiger partial charge in [0.25, 0.3) is 0 Å². The van der Waals surface area contributed by atoms with Gasteiger partial charge in [0, 0.05) is 11.3 Å². The van der Waals surface area contributed by atoms with E-state index in [0.29, 0.717) is 27.9 Å². The third-order valence-electron chi connectivity index (χ3n) is 10.9. The van der Waals surface area contributed by atoms with Crippen LogP contribution in [0.15, 0.2) is 97.1 Å². The number of nitrogens with zero attached hydrogens (tertiary/aromatic N) is 1. The third kappa shape index (κ3) is 8.42. The molecule has 318 valence electrons. The Morgan fingerprint density at radius 2 is 1.27 bits per heavy atom. The maximum Gasteiger partial charge on any atom is 0.335 e. The molecule has 7 rings (SSSR count). The topological polar surface area (TPSA) is 273 Å². The molecule has 1 amide bonds. The van der Waals surface area contributed by atoms with Crippen LogP contribution in [-0.2, 0) is 23.9 Å². The van der Waals surface area contributed by atoms with Crippen molar-refractivity contribution in [2.24, 2.45) is 5.92 Å². The van der Waals surface area contributed by atoms with Crippen molar-refractivity contribution in [1.29, 1.82) is 0 Å². The molecule has 0 spiro atoms. The monoisotopic (exact) mass is 835 g/mol. The molecule has 4 aromatic rings. The SMILES string of the molecule is O=C(O)C1O[C@@H](Oc2cccc(-c3ccc([C@@H]4[C@@H](CC[C@H](O)c5ccc(F)cc5)C(=O)N4c4ccccc4)c(O[C@@H]4OC(C(=O)O)[C@@H](O)C(O)C4O)c3)c2)C(O)C(O)[C@@H]1O. The van der Waals surface area contributed by atoms with E-state index < -0.39 is 97.2 Å². The predicted molar refractivity (Wildman–Crippen MR) is 203 cm³/mol. The van der Waals surface area contributed by atoms with Gasteiger partial charge in [0.1, 0.15) is 53.9 Å². The number of hydrogen-bond acceptors (Lipinski definition) is 14. The molecule has 17 nitrogen and oxygen atoms in total. The van der Waals surface area contributed by atoms with Gasteiger partial charge in [-0.05, 0) is 72.0 Å². The first-order chi connectivity index (χ1) is 28.6. The fraction of sp³-hybridized carbons (Fsp3) is 0.357. The van der Waals surface area contributed by atoms with E-state index in [1.54, 1.807) is 54.6 Å². The Morgan fingerprint density at radius 3 is 1.87 bits per heavy atom. The Bertz CT molecular complexity index is 2180. The molecule has 60 heavy (non-hydrogen) atoms. The van der Waals surface area contributed by atoms with Gasteiger partial charge in [0.2, 0.25) is 18.5 Å². The number of aliphatic carboxylic acids is 2. The lowest BCUT2D eigenvalue weighted by atomic mass is 9.77. The number of rotatable bonds is 13. The van der Waals surface area contributed by atoms with Gasteiger partial charge in [0.15, 0.2) is 12.2 Å². The van der Waals surface area contributed by atoms with E-state index in [1.807, 2.05) is 0 Å². The lowest BCUT2D eigenvalue weighted by Gasteiger charge is -2.48. The number of hydrogen-bond donors (Lipinski definition) is 9. The molecular formula is C42H42FNO16. The van der Waals surface area contributed by atoms with Gasteiger partial charge in [0.05, 0.1) is 18.1 Å². The van der Waals surface area contributed by atoms with Crippen LogP contribution in [0.1, 0.15) is 36.1 Å². The summed E-state index contributed by atoms with van der Waals surface area (Å²) in [7, 11) is 0. The zero-order chi connectivity index (χ0) is 43.0. The summed E-state index contributed by atoms with van der Waals surface area (Å²) in [5.41, 5.74) is 2.10. The first kappa shape index (κ1) is 42.6. The number of ether oxygens (including phenoxy) is 4. The number of carbonyl (C=O) groups excluding carboxylic acids is 1. The minimum atomic E-state index is -2.01. The van der Waals surface area contributed by atoms with Crippen LogP contribution in [0.4, 0.5) is 10.1 Å². The van der Waals surface area contributed by atoms with Gasteiger partial charge < -0.3 is 69.8 Å². The molecule has 18 heteroatoms. The molecular weight excluding hydrogens is 793 g/mol. The maximum absolute atomic E-state index is 14.0. The highest BCUT2D eigenvalue weighted by Crippen LogP contribution is 2.50. The first-order valence-electron chi connectivity index (χ1n) is 18.9. The van der Waals surface area contributed by atoms with Crippen LogP contribution in [0.2, 0.25) is 0 Å². The quantitative estimate of drug-likeness (QED) is 0.0858. The molecule has 3 aliphatic heterocycles. The molecule has 0 aromatic heterocycles. The fourth-order valence-corrected chi connectivity index (χ4v) is 7.62. The molecule has 9 N–H and O–H groups in total. The maximum atomic E-state index is 14.0. The number of para-hydroxylation sites is 1. The second kappa shape index (κ2) is 17.6. The second-order valence-electron chi connectivity index (χ2n) is 14.7. The molecule has 3 heterocycles. The molecule has 0 aliphatic carbocycles. The van der Waals surface area contributed by atoms with Crippen molar-refractivity contribution in [3.8, 4) is 22.6 Å². The highest BCUT2D eigenvalue weighted by atomic mass is 19.1. The van der Waals surface area contributed by atoms with E-state index in [1.165, 1.54) is 47.4 Å². The number of anilines is 1. The standard InChI is InChI=1S/C42H42FNO16/c43-22-12-9-19(10-13-22)27(45)16-15-26-29(44(38(26)52)23-6-2-1-3-7-23)25-14-11-21(18-28(25)58-42-35(51)31(47)33(49)37(60-42)40(55)56)20-5-4-8-24(17-20)57-41-34(50)30(46)32(48)36(59-41)39(53)54/h1-14,17-18,26-27,29-37,41-42,45-51H,15-16H2,(H,53,54)(H,55,56)/t26-,27+,29-,30?,31?,32+,33+,34?,35?,36?,37?,41-,42-/m1/s1. The lowest BCUT2D eigenvalue weighted by Crippen LogP contribution is -2.61. The van der Waals surface area contributed by atoms with Gasteiger partial charge in [-0.1, -0.05) is 54.6 Å². The molecule has 3 saturated heterocycles. The van der Waals surface area contributed by atoms with Crippen LogP contribution < -0.4 is 14.4 Å². The first-order valence-corrected chi connectivity index (χ1v) is 18.9. The summed E-state index contributed by atoms with van der Waals surface area (Å²) in [5, 5.41) is 93.0. The summed E-state index contributed by atoms with van der Waals surface area (Å²) in [5.74, 6) is -4.82. The highest BCUT2D eigenvalue weighted by molar-refractivity contribution is 6.03.